The summed E-state index contributed by atoms with van der Waals surface area (Å²) in [7, 11) is 3.97. The molecule has 0 unspecified atom stereocenters. The van der Waals surface area contributed by atoms with Gasteiger partial charge in [0.1, 0.15) is 12.2 Å². The summed E-state index contributed by atoms with van der Waals surface area (Å²) < 4.78 is 2.07. The first kappa shape index (κ1) is 18.2. The molecule has 0 fully saturated rings. The lowest BCUT2D eigenvalue weighted by atomic mass is 9.99. The molecule has 0 bridgehead atoms. The number of nitrogens with one attached hydrogen (secondary N) is 2. The van der Waals surface area contributed by atoms with E-state index in [-0.39, 0.29) is 0 Å². The van der Waals surface area contributed by atoms with Crippen LogP contribution >= 0.6 is 0 Å². The van der Waals surface area contributed by atoms with Gasteiger partial charge in [-0.1, -0.05) is 19.1 Å². The third-order valence-corrected chi connectivity index (χ3v) is 4.84. The smallest absolute Gasteiger partial charge is 0.191 e. The molecule has 2 heterocycles. The van der Waals surface area contributed by atoms with E-state index in [9.17, 15) is 0 Å². The highest BCUT2D eigenvalue weighted by Crippen LogP contribution is 2.26. The number of hydrogen-bond donors (Lipinski definition) is 2. The van der Waals surface area contributed by atoms with E-state index in [0.717, 1.165) is 44.4 Å². The Balaban J connectivity index is 1.50. The Morgan fingerprint density at radius 2 is 2.19 bits per heavy atom. The highest BCUT2D eigenvalue weighted by Gasteiger charge is 2.13. The Labute approximate surface area is 155 Å². The van der Waals surface area contributed by atoms with E-state index >= 15 is 0 Å². The number of nitrogens with zero attached hydrogens (tertiary/aromatic N) is 5. The fraction of sp³-hybridized carbons (Fsp3) is 0.526. The van der Waals surface area contributed by atoms with Crippen molar-refractivity contribution in [2.45, 2.75) is 39.3 Å². The van der Waals surface area contributed by atoms with Gasteiger partial charge in [-0.15, -0.1) is 10.2 Å². The molecule has 1 aromatic heterocycles. The number of benzene rings is 1. The molecule has 0 radical (unpaired) electrons. The third-order valence-electron chi connectivity index (χ3n) is 4.84. The molecule has 0 saturated carbocycles. The van der Waals surface area contributed by atoms with Crippen molar-refractivity contribution in [3.8, 4) is 0 Å². The topological polar surface area (TPSA) is 70.4 Å². The molecule has 7 heteroatoms. The number of guanidine groups is 1. The average Bonchev–Trinajstić information content (AvgIpc) is 3.12. The number of fused-ring (bicyclic) bond motifs is 1. The second kappa shape index (κ2) is 8.69. The second-order valence-electron chi connectivity index (χ2n) is 6.63. The predicted molar refractivity (Wildman–Crippen MR) is 106 cm³/mol. The number of anilines is 1. The summed E-state index contributed by atoms with van der Waals surface area (Å²) in [6.45, 7) is 5.60. The second-order valence-corrected chi connectivity index (χ2v) is 6.63. The van der Waals surface area contributed by atoms with Gasteiger partial charge in [0.05, 0.1) is 0 Å². The number of aryl methyl sites for hydroxylation is 2. The summed E-state index contributed by atoms with van der Waals surface area (Å²) in [5.41, 5.74) is 4.10. The van der Waals surface area contributed by atoms with E-state index in [4.69, 9.17) is 0 Å². The molecule has 1 aliphatic rings. The molecule has 0 atom stereocenters. The Morgan fingerprint density at radius 3 is 3.00 bits per heavy atom. The summed E-state index contributed by atoms with van der Waals surface area (Å²) in [6.07, 6.45) is 5.06. The first-order valence-corrected chi connectivity index (χ1v) is 9.35. The largest absolute Gasteiger partial charge is 0.374 e. The van der Waals surface area contributed by atoms with E-state index in [1.807, 2.05) is 0 Å². The average molecular weight is 355 g/mol. The fourth-order valence-corrected chi connectivity index (χ4v) is 3.39. The van der Waals surface area contributed by atoms with Gasteiger partial charge < -0.3 is 20.1 Å². The third kappa shape index (κ3) is 4.33. The summed E-state index contributed by atoms with van der Waals surface area (Å²) >= 11 is 0. The Hall–Kier alpha value is -2.57. The molecule has 3 rings (SSSR count). The van der Waals surface area contributed by atoms with Gasteiger partial charge in [0, 0.05) is 52.4 Å². The molecule has 0 aliphatic carbocycles. The first-order chi connectivity index (χ1) is 12.7. The summed E-state index contributed by atoms with van der Waals surface area (Å²) in [5, 5.41) is 14.8. The maximum Gasteiger partial charge on any atom is 0.191 e. The molecule has 2 N–H and O–H groups in total. The summed E-state index contributed by atoms with van der Waals surface area (Å²) in [5.74, 6) is 1.82. The van der Waals surface area contributed by atoms with E-state index in [2.05, 4.69) is 67.5 Å². The maximum absolute atomic E-state index is 4.31. The predicted octanol–water partition coefficient (Wildman–Crippen LogP) is 1.59. The van der Waals surface area contributed by atoms with Gasteiger partial charge in [-0.2, -0.15) is 0 Å². The van der Waals surface area contributed by atoms with Crippen molar-refractivity contribution in [3.05, 3.63) is 41.5 Å². The van der Waals surface area contributed by atoms with Crippen LogP contribution in [0.2, 0.25) is 0 Å². The van der Waals surface area contributed by atoms with Crippen LogP contribution in [0, 0.1) is 0 Å². The Kier molecular flexibility index (Phi) is 6.09. The minimum absolute atomic E-state index is 0.767. The fourth-order valence-electron chi connectivity index (χ4n) is 3.39. The van der Waals surface area contributed by atoms with Crippen LogP contribution in [0.4, 0.5) is 5.69 Å². The molecule has 0 saturated heterocycles. The zero-order valence-corrected chi connectivity index (χ0v) is 16.0. The lowest BCUT2D eigenvalue weighted by Crippen LogP contribution is -2.38. The van der Waals surface area contributed by atoms with Crippen molar-refractivity contribution in [2.24, 2.45) is 4.99 Å². The summed E-state index contributed by atoms with van der Waals surface area (Å²) in [6, 6.07) is 6.75. The number of hydrogen-bond acceptors (Lipinski definition) is 4. The number of rotatable bonds is 6. The SMILES string of the molecule is CCc1nncn1CCNC(=NC)NCc1ccc2c(c1)CCCN2C. The normalized spacial score (nSPS) is 14.3. The van der Waals surface area contributed by atoms with Crippen molar-refractivity contribution in [2.75, 3.05) is 32.1 Å². The molecule has 140 valence electrons. The van der Waals surface area contributed by atoms with Gasteiger partial charge in [-0.3, -0.25) is 4.99 Å². The molecule has 1 aromatic carbocycles. The van der Waals surface area contributed by atoms with Crippen LogP contribution in [0.1, 0.15) is 30.3 Å². The molecular weight excluding hydrogens is 326 g/mol. The van der Waals surface area contributed by atoms with Crippen LogP contribution in [0.5, 0.6) is 0 Å². The lowest BCUT2D eigenvalue weighted by molar-refractivity contribution is 0.632. The van der Waals surface area contributed by atoms with Crippen LogP contribution in [-0.2, 0) is 25.9 Å². The molecule has 7 nitrogen and oxygen atoms in total. The molecule has 1 aliphatic heterocycles. The van der Waals surface area contributed by atoms with Gasteiger partial charge >= 0.3 is 0 Å². The number of aliphatic imine (C=N–C) groups is 1. The van der Waals surface area contributed by atoms with Crippen LogP contribution in [0.25, 0.3) is 0 Å². The minimum Gasteiger partial charge on any atom is -0.374 e. The molecule has 2 aromatic rings. The molecule has 0 spiro atoms. The van der Waals surface area contributed by atoms with Gasteiger partial charge in [-0.05, 0) is 30.0 Å². The van der Waals surface area contributed by atoms with Crippen molar-refractivity contribution in [1.29, 1.82) is 0 Å². The van der Waals surface area contributed by atoms with Crippen molar-refractivity contribution >= 4 is 11.6 Å². The maximum atomic E-state index is 4.31. The van der Waals surface area contributed by atoms with Gasteiger partial charge in [-0.25, -0.2) is 0 Å². The Morgan fingerprint density at radius 1 is 1.31 bits per heavy atom. The van der Waals surface area contributed by atoms with Gasteiger partial charge in [0.25, 0.3) is 0 Å². The lowest BCUT2D eigenvalue weighted by Gasteiger charge is -2.28. The van der Waals surface area contributed by atoms with Crippen LogP contribution < -0.4 is 15.5 Å². The standard InChI is InChI=1S/C19H29N7/c1-4-18-24-23-14-26(18)11-9-21-19(20-2)22-13-15-7-8-17-16(12-15)6-5-10-25(17)3/h7-8,12,14H,4-6,9-11,13H2,1-3H3,(H2,20,21,22). The van der Waals surface area contributed by atoms with Crippen LogP contribution in [0.3, 0.4) is 0 Å². The quantitative estimate of drug-likeness (QED) is 0.608. The highest BCUT2D eigenvalue weighted by molar-refractivity contribution is 5.79. The Bertz CT molecular complexity index is 750. The van der Waals surface area contributed by atoms with Gasteiger partial charge in [0.15, 0.2) is 5.96 Å². The van der Waals surface area contributed by atoms with Crippen molar-refractivity contribution in [3.63, 3.8) is 0 Å². The monoisotopic (exact) mass is 355 g/mol. The molecular formula is C19H29N7. The van der Waals surface area contributed by atoms with E-state index in [1.54, 1.807) is 13.4 Å². The first-order valence-electron chi connectivity index (χ1n) is 9.35. The van der Waals surface area contributed by atoms with Crippen molar-refractivity contribution < 1.29 is 0 Å². The zero-order chi connectivity index (χ0) is 18.4. The van der Waals surface area contributed by atoms with Gasteiger partial charge in [0.2, 0.25) is 0 Å². The van der Waals surface area contributed by atoms with E-state index in [1.165, 1.54) is 29.7 Å². The summed E-state index contributed by atoms with van der Waals surface area (Å²) in [4.78, 5) is 6.65. The van der Waals surface area contributed by atoms with Crippen LogP contribution in [-0.4, -0.2) is 47.9 Å². The van der Waals surface area contributed by atoms with E-state index < -0.39 is 0 Å². The number of aromatic nitrogens is 3. The van der Waals surface area contributed by atoms with Crippen LogP contribution in [0.15, 0.2) is 29.5 Å². The zero-order valence-electron chi connectivity index (χ0n) is 16.0. The minimum atomic E-state index is 0.767. The molecule has 26 heavy (non-hydrogen) atoms. The van der Waals surface area contributed by atoms with Crippen molar-refractivity contribution in [1.82, 2.24) is 25.4 Å². The van der Waals surface area contributed by atoms with E-state index in [0.29, 0.717) is 0 Å². The highest BCUT2D eigenvalue weighted by atomic mass is 15.3. The molecule has 0 amide bonds.